The summed E-state index contributed by atoms with van der Waals surface area (Å²) in [6.45, 7) is 1.44. The van der Waals surface area contributed by atoms with Gasteiger partial charge in [0, 0.05) is 15.6 Å². The molecule has 0 bridgehead atoms. The average molecular weight is 393 g/mol. The smallest absolute Gasteiger partial charge is 0.294 e. The maximum Gasteiger partial charge on any atom is 0.294 e. The highest BCUT2D eigenvalue weighted by molar-refractivity contribution is 8.18. The number of halogens is 1. The first-order valence-corrected chi connectivity index (χ1v) is 9.37. The van der Waals surface area contributed by atoms with Crippen LogP contribution in [0.1, 0.15) is 10.4 Å². The lowest BCUT2D eigenvalue weighted by Gasteiger charge is -2.14. The van der Waals surface area contributed by atoms with Gasteiger partial charge in [0.25, 0.3) is 11.1 Å². The molecule has 1 aromatic heterocycles. The molecule has 2 heterocycles. The van der Waals surface area contributed by atoms with Crippen molar-refractivity contribution in [3.05, 3.63) is 56.1 Å². The first kappa shape index (κ1) is 17.7. The van der Waals surface area contributed by atoms with E-state index in [4.69, 9.17) is 11.6 Å². The Morgan fingerprint density at radius 3 is 2.80 bits per heavy atom. The number of amides is 3. The number of nitrogens with zero attached hydrogens (tertiary/aromatic N) is 1. The number of benzene rings is 1. The normalized spacial score (nSPS) is 15.9. The fraction of sp³-hybridized carbons (Fsp3) is 0.118. The lowest BCUT2D eigenvalue weighted by molar-refractivity contribution is -0.127. The summed E-state index contributed by atoms with van der Waals surface area (Å²) in [7, 11) is 0. The molecule has 3 amide bonds. The molecule has 1 saturated heterocycles. The number of carbonyl (C=O) groups is 3. The van der Waals surface area contributed by atoms with E-state index in [1.807, 2.05) is 17.5 Å². The van der Waals surface area contributed by atoms with Gasteiger partial charge < -0.3 is 5.32 Å². The quantitative estimate of drug-likeness (QED) is 0.784. The number of imide groups is 1. The van der Waals surface area contributed by atoms with E-state index in [1.54, 1.807) is 31.2 Å². The third kappa shape index (κ3) is 3.95. The van der Waals surface area contributed by atoms with Crippen molar-refractivity contribution < 1.29 is 14.4 Å². The Bertz CT molecular complexity index is 878. The Balaban J connectivity index is 1.70. The van der Waals surface area contributed by atoms with Crippen molar-refractivity contribution in [1.82, 2.24) is 4.90 Å². The number of thiophene rings is 1. The molecule has 0 atom stereocenters. The number of carbonyl (C=O) groups excluding carboxylic acids is 3. The number of anilines is 1. The van der Waals surface area contributed by atoms with Crippen LogP contribution in [-0.4, -0.2) is 28.5 Å². The van der Waals surface area contributed by atoms with Gasteiger partial charge in [-0.15, -0.1) is 11.3 Å². The molecule has 3 rings (SSSR count). The van der Waals surface area contributed by atoms with Crippen LogP contribution in [0.4, 0.5) is 10.5 Å². The number of nitrogens with one attached hydrogen (secondary N) is 1. The number of rotatable bonds is 4. The Hall–Kier alpha value is -2.09. The highest BCUT2D eigenvalue weighted by atomic mass is 35.5. The van der Waals surface area contributed by atoms with Gasteiger partial charge in [-0.25, -0.2) is 0 Å². The number of hydrogen-bond donors (Lipinski definition) is 1. The molecule has 0 aliphatic carbocycles. The van der Waals surface area contributed by atoms with Gasteiger partial charge in [-0.2, -0.15) is 0 Å². The molecule has 25 heavy (non-hydrogen) atoms. The van der Waals surface area contributed by atoms with Crippen molar-refractivity contribution >= 4 is 63.5 Å². The van der Waals surface area contributed by atoms with E-state index in [9.17, 15) is 14.4 Å². The minimum Gasteiger partial charge on any atom is -0.324 e. The van der Waals surface area contributed by atoms with Crippen molar-refractivity contribution in [2.45, 2.75) is 6.92 Å². The molecule has 0 saturated carbocycles. The first-order valence-electron chi connectivity index (χ1n) is 7.29. The molecule has 0 spiro atoms. The van der Waals surface area contributed by atoms with E-state index in [1.165, 1.54) is 11.3 Å². The molecule has 1 aliphatic heterocycles. The third-order valence-corrected chi connectivity index (χ3v) is 5.67. The predicted octanol–water partition coefficient (Wildman–Crippen LogP) is 4.38. The van der Waals surface area contributed by atoms with Crippen LogP contribution in [0.25, 0.3) is 6.08 Å². The molecule has 1 aliphatic rings. The predicted molar refractivity (Wildman–Crippen MR) is 102 cm³/mol. The lowest BCUT2D eigenvalue weighted by atomic mass is 10.2. The molecule has 2 aromatic rings. The Kier molecular flexibility index (Phi) is 5.27. The first-order chi connectivity index (χ1) is 12.0. The summed E-state index contributed by atoms with van der Waals surface area (Å²) in [5, 5.41) is 4.65. The Morgan fingerprint density at radius 1 is 1.28 bits per heavy atom. The van der Waals surface area contributed by atoms with Crippen molar-refractivity contribution in [3.63, 3.8) is 0 Å². The summed E-state index contributed by atoms with van der Waals surface area (Å²) < 4.78 is 0. The highest BCUT2D eigenvalue weighted by Gasteiger charge is 2.36. The van der Waals surface area contributed by atoms with E-state index in [2.05, 4.69) is 5.32 Å². The summed E-state index contributed by atoms with van der Waals surface area (Å²) in [6, 6.07) is 8.87. The van der Waals surface area contributed by atoms with Crippen molar-refractivity contribution in [2.75, 3.05) is 11.9 Å². The van der Waals surface area contributed by atoms with E-state index in [0.29, 0.717) is 15.6 Å². The minimum atomic E-state index is -0.457. The van der Waals surface area contributed by atoms with Crippen LogP contribution < -0.4 is 5.32 Å². The van der Waals surface area contributed by atoms with Gasteiger partial charge in [0.1, 0.15) is 6.54 Å². The van der Waals surface area contributed by atoms with Crippen molar-refractivity contribution in [3.8, 4) is 0 Å². The largest absolute Gasteiger partial charge is 0.324 e. The highest BCUT2D eigenvalue weighted by Crippen LogP contribution is 2.33. The van der Waals surface area contributed by atoms with Crippen LogP contribution >= 0.6 is 34.7 Å². The van der Waals surface area contributed by atoms with E-state index in [0.717, 1.165) is 27.1 Å². The molecule has 0 radical (unpaired) electrons. The molecule has 5 nitrogen and oxygen atoms in total. The fourth-order valence-electron chi connectivity index (χ4n) is 2.22. The van der Waals surface area contributed by atoms with Crippen LogP contribution in [0.5, 0.6) is 0 Å². The van der Waals surface area contributed by atoms with E-state index < -0.39 is 17.1 Å². The summed E-state index contributed by atoms with van der Waals surface area (Å²) in [6.07, 6.45) is 1.66. The molecule has 1 fully saturated rings. The third-order valence-electron chi connectivity index (χ3n) is 3.53. The lowest BCUT2D eigenvalue weighted by Crippen LogP contribution is -2.36. The van der Waals surface area contributed by atoms with Crippen LogP contribution in [-0.2, 0) is 9.59 Å². The maximum atomic E-state index is 12.4. The Morgan fingerprint density at radius 2 is 2.08 bits per heavy atom. The van der Waals surface area contributed by atoms with Crippen LogP contribution in [0.3, 0.4) is 0 Å². The molecular formula is C17H13ClN2O3S2. The molecule has 128 valence electrons. The van der Waals surface area contributed by atoms with Crippen LogP contribution in [0, 0.1) is 6.92 Å². The maximum absolute atomic E-state index is 12.4. The zero-order valence-electron chi connectivity index (χ0n) is 13.1. The van der Waals surface area contributed by atoms with Gasteiger partial charge in [-0.1, -0.05) is 23.7 Å². The molecule has 1 aromatic carbocycles. The standard InChI is InChI=1S/C17H13ClN2O3S2/c1-10-12(18)5-2-6-13(10)19-15(21)9-20-16(22)14(25-17(20)23)8-11-4-3-7-24-11/h2-8H,9H2,1H3,(H,19,21)/b14-8-. The van der Waals surface area contributed by atoms with Gasteiger partial charge in [0.15, 0.2) is 0 Å². The SMILES string of the molecule is Cc1c(Cl)cccc1NC(=O)CN1C(=O)S/C(=C\c2cccs2)C1=O. The molecule has 1 N–H and O–H groups in total. The Labute approximate surface area is 157 Å². The molecular weight excluding hydrogens is 380 g/mol. The second kappa shape index (κ2) is 7.43. The monoisotopic (exact) mass is 392 g/mol. The van der Waals surface area contributed by atoms with E-state index in [-0.39, 0.29) is 6.54 Å². The van der Waals surface area contributed by atoms with Crippen LogP contribution in [0.15, 0.2) is 40.6 Å². The topological polar surface area (TPSA) is 66.5 Å². The zero-order chi connectivity index (χ0) is 18.0. The summed E-state index contributed by atoms with van der Waals surface area (Å²) >= 11 is 8.33. The second-order valence-corrected chi connectivity index (χ2v) is 7.62. The number of hydrogen-bond acceptors (Lipinski definition) is 5. The summed E-state index contributed by atoms with van der Waals surface area (Å²) in [5.74, 6) is -0.911. The average Bonchev–Trinajstić information content (AvgIpc) is 3.16. The van der Waals surface area contributed by atoms with Gasteiger partial charge in [0.2, 0.25) is 5.91 Å². The second-order valence-electron chi connectivity index (χ2n) is 5.24. The van der Waals surface area contributed by atoms with Gasteiger partial charge in [-0.3, -0.25) is 19.3 Å². The summed E-state index contributed by atoms with van der Waals surface area (Å²) in [5.41, 5.74) is 1.28. The molecule has 8 heteroatoms. The summed E-state index contributed by atoms with van der Waals surface area (Å²) in [4.78, 5) is 38.8. The van der Waals surface area contributed by atoms with Gasteiger partial charge >= 0.3 is 0 Å². The van der Waals surface area contributed by atoms with Crippen molar-refractivity contribution in [2.24, 2.45) is 0 Å². The van der Waals surface area contributed by atoms with Crippen molar-refractivity contribution in [1.29, 1.82) is 0 Å². The number of thioether (sulfide) groups is 1. The van der Waals surface area contributed by atoms with Gasteiger partial charge in [-0.05, 0) is 53.9 Å². The fourth-order valence-corrected chi connectivity index (χ4v) is 3.95. The van der Waals surface area contributed by atoms with E-state index >= 15 is 0 Å². The zero-order valence-corrected chi connectivity index (χ0v) is 15.5. The molecule has 0 unspecified atom stereocenters. The van der Waals surface area contributed by atoms with Gasteiger partial charge in [0.05, 0.1) is 4.91 Å². The van der Waals surface area contributed by atoms with Crippen LogP contribution in [0.2, 0.25) is 5.02 Å². The minimum absolute atomic E-state index is 0.319.